The Bertz CT molecular complexity index is 978. The van der Waals surface area contributed by atoms with Crippen molar-refractivity contribution >= 4 is 5.97 Å². The predicted molar refractivity (Wildman–Crippen MR) is 109 cm³/mol. The lowest BCUT2D eigenvalue weighted by Gasteiger charge is -2.28. The van der Waals surface area contributed by atoms with E-state index in [2.05, 4.69) is 27.0 Å². The fourth-order valence-corrected chi connectivity index (χ4v) is 3.65. The molecule has 2 aromatic heterocycles. The molecular weight excluding hydrogens is 366 g/mol. The lowest BCUT2D eigenvalue weighted by molar-refractivity contribution is -0.150. The van der Waals surface area contributed by atoms with Crippen molar-refractivity contribution in [3.05, 3.63) is 78.2 Å². The number of hydrogen-bond acceptors (Lipinski definition) is 6. The number of esters is 1. The Morgan fingerprint density at radius 1 is 1.17 bits per heavy atom. The van der Waals surface area contributed by atoms with Gasteiger partial charge >= 0.3 is 5.97 Å². The van der Waals surface area contributed by atoms with Crippen LogP contribution in [0, 0.1) is 0 Å². The van der Waals surface area contributed by atoms with Gasteiger partial charge in [0.2, 0.25) is 0 Å². The molecule has 1 aromatic carbocycles. The number of carbonyl (C=O) groups is 1. The molecular formula is C23H23N3O3. The highest BCUT2D eigenvalue weighted by Gasteiger charge is 2.34. The van der Waals surface area contributed by atoms with Gasteiger partial charge in [0, 0.05) is 42.8 Å². The lowest BCUT2D eigenvalue weighted by Crippen LogP contribution is -2.36. The van der Waals surface area contributed by atoms with Crippen molar-refractivity contribution < 1.29 is 14.3 Å². The minimum absolute atomic E-state index is 0.289. The number of nitrogens with zero attached hydrogens (tertiary/aromatic N) is 3. The summed E-state index contributed by atoms with van der Waals surface area (Å²) in [6, 6.07) is 15.2. The van der Waals surface area contributed by atoms with Crippen molar-refractivity contribution in [2.75, 3.05) is 19.8 Å². The summed E-state index contributed by atoms with van der Waals surface area (Å²) < 4.78 is 11.3. The maximum atomic E-state index is 12.9. The molecule has 6 nitrogen and oxygen atoms in total. The molecule has 29 heavy (non-hydrogen) atoms. The summed E-state index contributed by atoms with van der Waals surface area (Å²) in [4.78, 5) is 23.7. The topological polar surface area (TPSA) is 64.6 Å². The third-order valence-electron chi connectivity index (χ3n) is 4.95. The van der Waals surface area contributed by atoms with Gasteiger partial charge < -0.3 is 9.47 Å². The van der Waals surface area contributed by atoms with E-state index in [0.29, 0.717) is 32.1 Å². The molecule has 0 radical (unpaired) electrons. The highest BCUT2D eigenvalue weighted by Crippen LogP contribution is 2.34. The summed E-state index contributed by atoms with van der Waals surface area (Å²) in [5.74, 6) is 0.390. The molecule has 3 aromatic rings. The zero-order valence-electron chi connectivity index (χ0n) is 16.3. The lowest BCUT2D eigenvalue weighted by atomic mass is 10.0. The van der Waals surface area contributed by atoms with Crippen molar-refractivity contribution in [2.24, 2.45) is 0 Å². The molecule has 0 N–H and O–H groups in total. The van der Waals surface area contributed by atoms with E-state index in [1.54, 1.807) is 24.7 Å². The van der Waals surface area contributed by atoms with Gasteiger partial charge in [0.25, 0.3) is 0 Å². The van der Waals surface area contributed by atoms with E-state index in [1.165, 1.54) is 0 Å². The third kappa shape index (κ3) is 4.12. The second-order valence-electron chi connectivity index (χ2n) is 6.76. The molecule has 1 aliphatic heterocycles. The number of ether oxygens (including phenoxy) is 2. The van der Waals surface area contributed by atoms with E-state index in [9.17, 15) is 4.79 Å². The Morgan fingerprint density at radius 3 is 2.86 bits per heavy atom. The third-order valence-corrected chi connectivity index (χ3v) is 4.95. The zero-order valence-corrected chi connectivity index (χ0v) is 16.3. The van der Waals surface area contributed by atoms with Gasteiger partial charge in [-0.05, 0) is 30.7 Å². The molecule has 0 amide bonds. The van der Waals surface area contributed by atoms with Crippen molar-refractivity contribution in [3.63, 3.8) is 0 Å². The van der Waals surface area contributed by atoms with E-state index in [1.807, 2.05) is 37.3 Å². The number of rotatable bonds is 5. The monoisotopic (exact) mass is 389 g/mol. The van der Waals surface area contributed by atoms with Crippen LogP contribution < -0.4 is 4.74 Å². The van der Waals surface area contributed by atoms with Gasteiger partial charge in [-0.1, -0.05) is 30.3 Å². The Kier molecular flexibility index (Phi) is 5.81. The number of carbonyl (C=O) groups excluding carboxylic acids is 1. The normalized spacial score (nSPS) is 16.4. The van der Waals surface area contributed by atoms with Crippen molar-refractivity contribution in [3.8, 4) is 17.0 Å². The molecule has 0 bridgehead atoms. The molecule has 3 heterocycles. The van der Waals surface area contributed by atoms with E-state index in [-0.39, 0.29) is 5.97 Å². The van der Waals surface area contributed by atoms with Crippen LogP contribution in [0.3, 0.4) is 0 Å². The Labute approximate surface area is 170 Å². The molecule has 148 valence electrons. The van der Waals surface area contributed by atoms with Crippen LogP contribution in [0.1, 0.15) is 24.1 Å². The molecule has 0 aliphatic carbocycles. The molecule has 0 saturated heterocycles. The predicted octanol–water partition coefficient (Wildman–Crippen LogP) is 3.64. The summed E-state index contributed by atoms with van der Waals surface area (Å²) in [7, 11) is 0. The smallest absolute Gasteiger partial charge is 0.328 e. The number of hydrogen-bond donors (Lipinski definition) is 0. The second-order valence-corrected chi connectivity index (χ2v) is 6.76. The fourth-order valence-electron chi connectivity index (χ4n) is 3.65. The summed E-state index contributed by atoms with van der Waals surface area (Å²) in [5.41, 5.74) is 3.78. The Morgan fingerprint density at radius 2 is 2.03 bits per heavy atom. The fraction of sp³-hybridized carbons (Fsp3) is 0.261. The van der Waals surface area contributed by atoms with E-state index in [4.69, 9.17) is 9.47 Å². The SMILES string of the molecule is CCOC(=O)C1c2cnccc2OCCN1Cc1ccccc1-c1ccccn1. The molecule has 1 atom stereocenters. The standard InChI is InChI=1S/C23H23N3O3/c1-2-28-23(27)22-19-15-24-12-10-21(19)29-14-13-26(22)16-17-7-3-4-8-18(17)20-9-5-6-11-25-20/h3-12,15,22H,2,13-14,16H2,1H3. The highest BCUT2D eigenvalue weighted by molar-refractivity contribution is 5.79. The van der Waals surface area contributed by atoms with Crippen LogP contribution in [0.15, 0.2) is 67.1 Å². The van der Waals surface area contributed by atoms with Gasteiger partial charge in [-0.25, -0.2) is 4.79 Å². The van der Waals surface area contributed by atoms with Crippen LogP contribution in [0.4, 0.5) is 0 Å². The van der Waals surface area contributed by atoms with Gasteiger partial charge in [-0.15, -0.1) is 0 Å². The average molecular weight is 389 g/mol. The van der Waals surface area contributed by atoms with E-state index < -0.39 is 6.04 Å². The summed E-state index contributed by atoms with van der Waals surface area (Å²) in [5, 5.41) is 0. The maximum Gasteiger partial charge on any atom is 0.328 e. The first-order valence-electron chi connectivity index (χ1n) is 9.74. The van der Waals surface area contributed by atoms with Crippen LogP contribution in [-0.4, -0.2) is 40.6 Å². The van der Waals surface area contributed by atoms with Gasteiger partial charge in [0.15, 0.2) is 0 Å². The quantitative estimate of drug-likeness (QED) is 0.621. The maximum absolute atomic E-state index is 12.9. The van der Waals surface area contributed by atoms with Gasteiger partial charge in [-0.2, -0.15) is 0 Å². The number of fused-ring (bicyclic) bond motifs is 1. The Balaban J connectivity index is 1.72. The molecule has 0 saturated carbocycles. The largest absolute Gasteiger partial charge is 0.492 e. The van der Waals surface area contributed by atoms with Crippen LogP contribution >= 0.6 is 0 Å². The van der Waals surface area contributed by atoms with E-state index in [0.717, 1.165) is 22.4 Å². The summed E-state index contributed by atoms with van der Waals surface area (Å²) >= 11 is 0. The van der Waals surface area contributed by atoms with Crippen LogP contribution in [0.5, 0.6) is 5.75 Å². The minimum atomic E-state index is -0.571. The first-order chi connectivity index (χ1) is 14.3. The van der Waals surface area contributed by atoms with Crippen LogP contribution in [0.25, 0.3) is 11.3 Å². The molecule has 4 rings (SSSR count). The molecule has 0 fully saturated rings. The molecule has 1 aliphatic rings. The van der Waals surface area contributed by atoms with Gasteiger partial charge in [0.1, 0.15) is 18.4 Å². The first kappa shape index (κ1) is 19.1. The van der Waals surface area contributed by atoms with Gasteiger partial charge in [0.05, 0.1) is 12.3 Å². The van der Waals surface area contributed by atoms with Gasteiger partial charge in [-0.3, -0.25) is 14.9 Å². The number of benzene rings is 1. The number of aromatic nitrogens is 2. The van der Waals surface area contributed by atoms with Crippen LogP contribution in [-0.2, 0) is 16.1 Å². The van der Waals surface area contributed by atoms with Crippen molar-refractivity contribution in [1.29, 1.82) is 0 Å². The summed E-state index contributed by atoms with van der Waals surface area (Å²) in [6.45, 7) is 3.78. The van der Waals surface area contributed by atoms with Crippen molar-refractivity contribution in [1.82, 2.24) is 14.9 Å². The molecule has 6 heteroatoms. The average Bonchev–Trinajstić information content (AvgIpc) is 2.94. The van der Waals surface area contributed by atoms with E-state index >= 15 is 0 Å². The zero-order chi connectivity index (χ0) is 20.1. The highest BCUT2D eigenvalue weighted by atomic mass is 16.5. The summed E-state index contributed by atoms with van der Waals surface area (Å²) in [6.07, 6.45) is 5.15. The minimum Gasteiger partial charge on any atom is -0.492 e. The molecule has 0 spiro atoms. The Hall–Kier alpha value is -3.25. The second kappa shape index (κ2) is 8.84. The first-order valence-corrected chi connectivity index (χ1v) is 9.74. The van der Waals surface area contributed by atoms with Crippen LogP contribution in [0.2, 0.25) is 0 Å². The molecule has 1 unspecified atom stereocenters. The number of pyridine rings is 2. The van der Waals surface area contributed by atoms with Crippen molar-refractivity contribution in [2.45, 2.75) is 19.5 Å².